The lowest BCUT2D eigenvalue weighted by molar-refractivity contribution is -0.288. The van der Waals surface area contributed by atoms with E-state index in [9.17, 15) is 24.0 Å². The van der Waals surface area contributed by atoms with Gasteiger partial charge in [0.05, 0.1) is 10.9 Å². The van der Waals surface area contributed by atoms with Gasteiger partial charge in [0, 0.05) is 38.8 Å². The van der Waals surface area contributed by atoms with Crippen LogP contribution in [0, 0.1) is 0 Å². The van der Waals surface area contributed by atoms with Gasteiger partial charge in [-0.15, -0.1) is 0 Å². The number of carbonyl (C=O) groups is 4. The Kier molecular flexibility index (Phi) is 9.48. The third-order valence-electron chi connectivity index (χ3n) is 6.10. The summed E-state index contributed by atoms with van der Waals surface area (Å²) in [4.78, 5) is 60.7. The molecule has 1 fully saturated rings. The van der Waals surface area contributed by atoms with E-state index < -0.39 is 61.2 Å². The molecule has 2 heterocycles. The normalized spacial score (nSPS) is 21.7. The molecule has 1 aliphatic heterocycles. The van der Waals surface area contributed by atoms with Gasteiger partial charge in [-0.3, -0.25) is 24.0 Å². The summed E-state index contributed by atoms with van der Waals surface area (Å²) < 4.78 is 38.9. The summed E-state index contributed by atoms with van der Waals surface area (Å²) in [6, 6.07) is 11.1. The summed E-state index contributed by atoms with van der Waals surface area (Å²) in [5.41, 5.74) is 0.832. The Balaban J connectivity index is 1.70. The first-order chi connectivity index (χ1) is 19.9. The van der Waals surface area contributed by atoms with Crippen molar-refractivity contribution in [2.45, 2.75) is 58.4 Å². The summed E-state index contributed by atoms with van der Waals surface area (Å²) >= 11 is 5.95. The molecule has 42 heavy (non-hydrogen) atoms. The van der Waals surface area contributed by atoms with Crippen molar-refractivity contribution in [1.29, 1.82) is 0 Å². The molecular formula is C29H27ClO12. The van der Waals surface area contributed by atoms with Gasteiger partial charge in [-0.05, 0) is 29.8 Å². The molecule has 222 valence electrons. The second-order valence-corrected chi connectivity index (χ2v) is 9.77. The standard InChI is InChI=1S/C29H27ClO12/c1-14(31)36-13-24-26(38-15(2)32)27(39-16(3)33)28(40-17(4)34)29(42-24)41-20-9-10-21-23(11-20)37-12-22(25(21)35)18-5-7-19(30)8-6-18/h5-12,24,26-29H,13H2,1-4H3/t24-,26-,27+,28+,29+/m1/s1. The Morgan fingerprint density at radius 2 is 1.43 bits per heavy atom. The number of hydrogen-bond donors (Lipinski definition) is 0. The van der Waals surface area contributed by atoms with Gasteiger partial charge in [-0.2, -0.15) is 0 Å². The maximum Gasteiger partial charge on any atom is 0.303 e. The number of halogens is 1. The van der Waals surface area contributed by atoms with E-state index in [0.29, 0.717) is 16.1 Å². The highest BCUT2D eigenvalue weighted by molar-refractivity contribution is 6.30. The average molecular weight is 603 g/mol. The maximum absolute atomic E-state index is 13.2. The van der Waals surface area contributed by atoms with Crippen LogP contribution >= 0.6 is 11.6 Å². The highest BCUT2D eigenvalue weighted by Crippen LogP contribution is 2.32. The van der Waals surface area contributed by atoms with Gasteiger partial charge in [0.1, 0.15) is 30.3 Å². The topological polar surface area (TPSA) is 154 Å². The molecule has 0 saturated carbocycles. The van der Waals surface area contributed by atoms with E-state index in [1.54, 1.807) is 24.3 Å². The van der Waals surface area contributed by atoms with Crippen LogP contribution in [0.3, 0.4) is 0 Å². The smallest absolute Gasteiger partial charge is 0.303 e. The minimum Gasteiger partial charge on any atom is -0.463 e. The Morgan fingerprint density at radius 1 is 0.810 bits per heavy atom. The molecule has 12 nitrogen and oxygen atoms in total. The van der Waals surface area contributed by atoms with Crippen LogP contribution in [0.2, 0.25) is 5.02 Å². The van der Waals surface area contributed by atoms with Crippen LogP contribution in [0.25, 0.3) is 22.1 Å². The Hall–Kier alpha value is -4.42. The molecule has 4 rings (SSSR count). The highest BCUT2D eigenvalue weighted by atomic mass is 35.5. The molecular weight excluding hydrogens is 576 g/mol. The lowest BCUT2D eigenvalue weighted by Gasteiger charge is -2.43. The zero-order valence-electron chi connectivity index (χ0n) is 23.0. The molecule has 0 spiro atoms. The Morgan fingerprint density at radius 3 is 2.05 bits per heavy atom. The third kappa shape index (κ3) is 7.25. The number of carbonyl (C=O) groups excluding carboxylic acids is 4. The largest absolute Gasteiger partial charge is 0.463 e. The third-order valence-corrected chi connectivity index (χ3v) is 6.35. The molecule has 0 radical (unpaired) electrons. The van der Waals surface area contributed by atoms with Crippen LogP contribution in [-0.4, -0.2) is 61.2 Å². The Labute approximate surface area is 244 Å². The summed E-state index contributed by atoms with van der Waals surface area (Å²) in [7, 11) is 0. The second-order valence-electron chi connectivity index (χ2n) is 9.33. The molecule has 0 amide bonds. The number of fused-ring (bicyclic) bond motifs is 1. The molecule has 0 unspecified atom stereocenters. The van der Waals surface area contributed by atoms with Gasteiger partial charge in [0.25, 0.3) is 0 Å². The predicted octanol–water partition coefficient (Wildman–Crippen LogP) is 3.58. The fourth-order valence-corrected chi connectivity index (χ4v) is 4.55. The monoisotopic (exact) mass is 602 g/mol. The van der Waals surface area contributed by atoms with Crippen molar-refractivity contribution in [3.8, 4) is 16.9 Å². The average Bonchev–Trinajstić information content (AvgIpc) is 2.91. The highest BCUT2D eigenvalue weighted by Gasteiger charge is 2.53. The fourth-order valence-electron chi connectivity index (χ4n) is 4.43. The molecule has 0 aliphatic carbocycles. The zero-order valence-corrected chi connectivity index (χ0v) is 23.7. The van der Waals surface area contributed by atoms with Crippen LogP contribution in [0.5, 0.6) is 5.75 Å². The van der Waals surface area contributed by atoms with Crippen molar-refractivity contribution in [2.24, 2.45) is 0 Å². The van der Waals surface area contributed by atoms with Crippen molar-refractivity contribution in [3.63, 3.8) is 0 Å². The van der Waals surface area contributed by atoms with E-state index in [1.807, 2.05) is 0 Å². The molecule has 1 aliphatic rings. The van der Waals surface area contributed by atoms with Gasteiger partial charge < -0.3 is 32.8 Å². The number of ether oxygens (including phenoxy) is 6. The molecule has 3 aromatic rings. The quantitative estimate of drug-likeness (QED) is 0.273. The van der Waals surface area contributed by atoms with Crippen molar-refractivity contribution in [2.75, 3.05) is 6.61 Å². The lowest BCUT2D eigenvalue weighted by Crippen LogP contribution is -2.63. The number of rotatable bonds is 8. The first-order valence-electron chi connectivity index (χ1n) is 12.7. The molecule has 0 N–H and O–H groups in total. The van der Waals surface area contributed by atoms with E-state index in [2.05, 4.69) is 0 Å². The van der Waals surface area contributed by atoms with Crippen LogP contribution in [0.1, 0.15) is 27.7 Å². The van der Waals surface area contributed by atoms with E-state index in [-0.39, 0.29) is 22.1 Å². The Bertz CT molecular complexity index is 1550. The van der Waals surface area contributed by atoms with E-state index in [4.69, 9.17) is 44.4 Å². The summed E-state index contributed by atoms with van der Waals surface area (Å²) in [6.45, 7) is 4.13. The van der Waals surface area contributed by atoms with Crippen LogP contribution in [0.4, 0.5) is 0 Å². The summed E-state index contributed by atoms with van der Waals surface area (Å²) in [5, 5.41) is 0.782. The number of esters is 4. The molecule has 13 heteroatoms. The first-order valence-corrected chi connectivity index (χ1v) is 13.1. The van der Waals surface area contributed by atoms with E-state index in [0.717, 1.165) is 20.8 Å². The molecule has 0 bridgehead atoms. The first kappa shape index (κ1) is 30.5. The molecule has 1 aromatic heterocycles. The van der Waals surface area contributed by atoms with Crippen LogP contribution in [-0.2, 0) is 42.9 Å². The van der Waals surface area contributed by atoms with Gasteiger partial charge in [0.2, 0.25) is 12.4 Å². The number of hydrogen-bond acceptors (Lipinski definition) is 12. The van der Waals surface area contributed by atoms with Crippen LogP contribution < -0.4 is 10.2 Å². The van der Waals surface area contributed by atoms with Crippen LogP contribution in [0.15, 0.2) is 57.9 Å². The maximum atomic E-state index is 13.2. The SMILES string of the molecule is CC(=O)OC[C@H]1O[C@H](Oc2ccc3c(=O)c(-c4ccc(Cl)cc4)coc3c2)[C@@H](OC(C)=O)[C@@H](OC(C)=O)[C@@H]1OC(C)=O. The van der Waals surface area contributed by atoms with E-state index >= 15 is 0 Å². The minimum atomic E-state index is -1.44. The summed E-state index contributed by atoms with van der Waals surface area (Å²) in [5.74, 6) is -2.81. The molecule has 1 saturated heterocycles. The number of benzene rings is 2. The zero-order chi connectivity index (χ0) is 30.6. The van der Waals surface area contributed by atoms with Gasteiger partial charge in [-0.1, -0.05) is 23.7 Å². The van der Waals surface area contributed by atoms with Gasteiger partial charge in [0.15, 0.2) is 17.6 Å². The lowest BCUT2D eigenvalue weighted by atomic mass is 9.98. The minimum absolute atomic E-state index is 0.130. The predicted molar refractivity (Wildman–Crippen MR) is 146 cm³/mol. The van der Waals surface area contributed by atoms with Crippen molar-refractivity contribution < 1.29 is 52.0 Å². The van der Waals surface area contributed by atoms with Gasteiger partial charge >= 0.3 is 23.9 Å². The summed E-state index contributed by atoms with van der Waals surface area (Å²) in [6.07, 6.45) is -5.45. The molecule has 2 aromatic carbocycles. The van der Waals surface area contributed by atoms with Gasteiger partial charge in [-0.25, -0.2) is 0 Å². The van der Waals surface area contributed by atoms with Crippen molar-refractivity contribution in [3.05, 3.63) is 64.0 Å². The van der Waals surface area contributed by atoms with Crippen molar-refractivity contribution in [1.82, 2.24) is 0 Å². The second kappa shape index (κ2) is 13.0. The molecule has 5 atom stereocenters. The fraction of sp³-hybridized carbons (Fsp3) is 0.345. The van der Waals surface area contributed by atoms with Crippen molar-refractivity contribution >= 4 is 46.4 Å². The van der Waals surface area contributed by atoms with E-state index in [1.165, 1.54) is 31.4 Å².